The molecule has 1 saturated carbocycles. The molecule has 1 aliphatic carbocycles. The molecule has 0 atom stereocenters. The third-order valence-corrected chi connectivity index (χ3v) is 3.08. The zero-order valence-corrected chi connectivity index (χ0v) is 8.96. The maximum absolute atomic E-state index is 12.4. The van der Waals surface area contributed by atoms with Gasteiger partial charge < -0.3 is 0 Å². The van der Waals surface area contributed by atoms with Crippen LogP contribution in [0.15, 0.2) is 12.1 Å². The second-order valence-electron chi connectivity index (χ2n) is 3.89. The predicted octanol–water partition coefficient (Wildman–Crippen LogP) is 3.20. The summed E-state index contributed by atoms with van der Waals surface area (Å²) < 4.78 is 26.1. The van der Waals surface area contributed by atoms with E-state index in [1.165, 1.54) is 4.52 Å². The number of hydrogen-bond donors (Lipinski definition) is 0. The van der Waals surface area contributed by atoms with E-state index in [1.54, 1.807) is 6.07 Å². The Kier molecular flexibility index (Phi) is 2.10. The fourth-order valence-corrected chi connectivity index (χ4v) is 2.08. The number of rotatable bonds is 2. The van der Waals surface area contributed by atoms with Crippen molar-refractivity contribution in [3.8, 4) is 0 Å². The van der Waals surface area contributed by atoms with Gasteiger partial charge in [0.2, 0.25) is 5.82 Å². The van der Waals surface area contributed by atoms with Gasteiger partial charge >= 0.3 is 0 Å². The van der Waals surface area contributed by atoms with E-state index in [0.29, 0.717) is 16.7 Å². The van der Waals surface area contributed by atoms with E-state index in [4.69, 9.17) is 11.6 Å². The van der Waals surface area contributed by atoms with Crippen molar-refractivity contribution in [2.45, 2.75) is 25.2 Å². The summed E-state index contributed by atoms with van der Waals surface area (Å²) in [4.78, 5) is 3.71. The average molecular weight is 244 g/mol. The fourth-order valence-electron chi connectivity index (χ4n) is 1.74. The summed E-state index contributed by atoms with van der Waals surface area (Å²) >= 11 is 6.11. The molecule has 2 heterocycles. The number of hydrogen-bond acceptors (Lipinski definition) is 2. The van der Waals surface area contributed by atoms with Gasteiger partial charge in [0.1, 0.15) is 5.15 Å². The first kappa shape index (κ1) is 9.96. The molecule has 16 heavy (non-hydrogen) atoms. The van der Waals surface area contributed by atoms with Gasteiger partial charge in [-0.2, -0.15) is 0 Å². The highest BCUT2D eigenvalue weighted by Gasteiger charge is 2.27. The number of nitrogens with zero attached hydrogens (tertiary/aromatic N) is 3. The number of halogens is 3. The van der Waals surface area contributed by atoms with Gasteiger partial charge in [0, 0.05) is 0 Å². The minimum Gasteiger partial charge on any atom is -0.206 e. The predicted molar refractivity (Wildman–Crippen MR) is 54.9 cm³/mol. The molecule has 6 heteroatoms. The summed E-state index contributed by atoms with van der Waals surface area (Å²) in [6.07, 6.45) is -0.469. The smallest absolute Gasteiger partial charge is 0.206 e. The van der Waals surface area contributed by atoms with Crippen molar-refractivity contribution in [1.29, 1.82) is 0 Å². The van der Waals surface area contributed by atoms with Crippen LogP contribution in [0.4, 0.5) is 8.78 Å². The number of pyridine rings is 1. The maximum atomic E-state index is 12.4. The van der Waals surface area contributed by atoms with Gasteiger partial charge in [0.25, 0.3) is 6.43 Å². The van der Waals surface area contributed by atoms with E-state index in [1.807, 2.05) is 6.07 Å². The van der Waals surface area contributed by atoms with Crippen LogP contribution in [-0.2, 0) is 0 Å². The van der Waals surface area contributed by atoms with E-state index < -0.39 is 12.2 Å². The van der Waals surface area contributed by atoms with Crippen molar-refractivity contribution in [3.63, 3.8) is 0 Å². The maximum Gasteiger partial charge on any atom is 0.299 e. The quantitative estimate of drug-likeness (QED) is 0.759. The molecule has 0 amide bonds. The highest BCUT2D eigenvalue weighted by Crippen LogP contribution is 2.43. The van der Waals surface area contributed by atoms with Gasteiger partial charge in [-0.25, -0.2) is 18.3 Å². The van der Waals surface area contributed by atoms with Crippen molar-refractivity contribution in [3.05, 3.63) is 28.7 Å². The lowest BCUT2D eigenvalue weighted by Gasteiger charge is -2.02. The lowest BCUT2D eigenvalue weighted by Crippen LogP contribution is -1.95. The third kappa shape index (κ3) is 1.46. The Labute approximate surface area is 95.0 Å². The fraction of sp³-hybridized carbons (Fsp3) is 0.400. The highest BCUT2D eigenvalue weighted by molar-refractivity contribution is 6.30. The minimum absolute atomic E-state index is 0.365. The molecule has 84 valence electrons. The zero-order valence-electron chi connectivity index (χ0n) is 8.20. The molecule has 2 aromatic rings. The SMILES string of the molecule is FC(F)c1nc2ccc(C3CC3)c(Cl)n2n1. The Morgan fingerprint density at radius 3 is 2.75 bits per heavy atom. The second kappa shape index (κ2) is 3.38. The molecule has 3 rings (SSSR count). The number of alkyl halides is 2. The molecule has 0 aliphatic heterocycles. The lowest BCUT2D eigenvalue weighted by molar-refractivity contribution is 0.140. The van der Waals surface area contributed by atoms with Gasteiger partial charge in [-0.3, -0.25) is 0 Å². The van der Waals surface area contributed by atoms with Crippen LogP contribution in [0.1, 0.15) is 36.6 Å². The normalized spacial score (nSPS) is 16.2. The molecule has 0 radical (unpaired) electrons. The average Bonchev–Trinajstić information content (AvgIpc) is 2.96. The van der Waals surface area contributed by atoms with Crippen LogP contribution in [0.25, 0.3) is 5.65 Å². The summed E-state index contributed by atoms with van der Waals surface area (Å²) in [5, 5.41) is 4.11. The minimum atomic E-state index is -2.67. The van der Waals surface area contributed by atoms with Gasteiger partial charge in [0.15, 0.2) is 5.65 Å². The van der Waals surface area contributed by atoms with Gasteiger partial charge in [-0.05, 0) is 30.4 Å². The van der Waals surface area contributed by atoms with Crippen molar-refractivity contribution >= 4 is 17.2 Å². The summed E-state index contributed by atoms with van der Waals surface area (Å²) in [6, 6.07) is 3.53. The van der Waals surface area contributed by atoms with Crippen LogP contribution in [-0.4, -0.2) is 14.6 Å². The molecule has 0 N–H and O–H groups in total. The first-order chi connectivity index (χ1) is 7.66. The van der Waals surface area contributed by atoms with Crippen LogP contribution in [0.5, 0.6) is 0 Å². The molecule has 0 bridgehead atoms. The first-order valence-corrected chi connectivity index (χ1v) is 5.38. The highest BCUT2D eigenvalue weighted by atomic mass is 35.5. The van der Waals surface area contributed by atoms with Crippen LogP contribution in [0.3, 0.4) is 0 Å². The monoisotopic (exact) mass is 243 g/mol. The van der Waals surface area contributed by atoms with Crippen LogP contribution >= 0.6 is 11.6 Å². The molecule has 1 aliphatic rings. The Balaban J connectivity index is 2.18. The van der Waals surface area contributed by atoms with Crippen LogP contribution < -0.4 is 0 Å². The molecule has 2 aromatic heterocycles. The third-order valence-electron chi connectivity index (χ3n) is 2.70. The largest absolute Gasteiger partial charge is 0.299 e. The van der Waals surface area contributed by atoms with E-state index in [0.717, 1.165) is 18.4 Å². The van der Waals surface area contributed by atoms with Crippen molar-refractivity contribution in [1.82, 2.24) is 14.6 Å². The summed E-state index contributed by atoms with van der Waals surface area (Å²) in [5.74, 6) is -0.0223. The molecule has 0 unspecified atom stereocenters. The molecule has 0 aromatic carbocycles. The van der Waals surface area contributed by atoms with Crippen molar-refractivity contribution < 1.29 is 8.78 Å². The standard InChI is InChI=1S/C10H8ClF2N3/c11-8-6(5-1-2-5)3-4-7-14-10(9(12)13)15-16(7)8/h3-5,9H,1-2H2. The second-order valence-corrected chi connectivity index (χ2v) is 4.25. The summed E-state index contributed by atoms with van der Waals surface area (Å²) in [7, 11) is 0. The van der Waals surface area contributed by atoms with E-state index in [-0.39, 0.29) is 0 Å². The van der Waals surface area contributed by atoms with Crippen LogP contribution in [0.2, 0.25) is 5.15 Å². The molecule has 1 fully saturated rings. The zero-order chi connectivity index (χ0) is 11.3. The van der Waals surface area contributed by atoms with Crippen molar-refractivity contribution in [2.24, 2.45) is 0 Å². The van der Waals surface area contributed by atoms with E-state index in [9.17, 15) is 8.78 Å². The topological polar surface area (TPSA) is 30.2 Å². The number of fused-ring (bicyclic) bond motifs is 1. The Morgan fingerprint density at radius 1 is 1.38 bits per heavy atom. The van der Waals surface area contributed by atoms with Gasteiger partial charge in [-0.1, -0.05) is 17.7 Å². The van der Waals surface area contributed by atoms with Crippen LogP contribution in [0, 0.1) is 0 Å². The molecular weight excluding hydrogens is 236 g/mol. The number of aromatic nitrogens is 3. The van der Waals surface area contributed by atoms with E-state index >= 15 is 0 Å². The molecular formula is C10H8ClF2N3. The Morgan fingerprint density at radius 2 is 2.12 bits per heavy atom. The van der Waals surface area contributed by atoms with Gasteiger partial charge in [0.05, 0.1) is 0 Å². The summed E-state index contributed by atoms with van der Waals surface area (Å²) in [5.41, 5.74) is 1.34. The Bertz CT molecular complexity index is 548. The molecule has 3 nitrogen and oxygen atoms in total. The molecule has 0 saturated heterocycles. The van der Waals surface area contributed by atoms with Crippen molar-refractivity contribution in [2.75, 3.05) is 0 Å². The van der Waals surface area contributed by atoms with Gasteiger partial charge in [-0.15, -0.1) is 5.10 Å². The summed E-state index contributed by atoms with van der Waals surface area (Å²) in [6.45, 7) is 0. The lowest BCUT2D eigenvalue weighted by atomic mass is 10.2. The van der Waals surface area contributed by atoms with E-state index in [2.05, 4.69) is 10.1 Å². The Hall–Kier alpha value is -1.23. The molecule has 0 spiro atoms. The first-order valence-electron chi connectivity index (χ1n) is 5.00.